The van der Waals surface area contributed by atoms with E-state index in [1.165, 1.54) is 19.3 Å². The van der Waals surface area contributed by atoms with E-state index in [0.29, 0.717) is 12.8 Å². The molecule has 0 saturated heterocycles. The summed E-state index contributed by atoms with van der Waals surface area (Å²) in [7, 11) is 0. The van der Waals surface area contributed by atoms with Gasteiger partial charge in [0, 0.05) is 6.42 Å². The molecule has 0 amide bonds. The van der Waals surface area contributed by atoms with Gasteiger partial charge in [-0.3, -0.25) is 4.79 Å². The van der Waals surface area contributed by atoms with Gasteiger partial charge in [0.1, 0.15) is 6.10 Å². The molecule has 0 unspecified atom stereocenters. The summed E-state index contributed by atoms with van der Waals surface area (Å²) in [5.74, 6) is -0.403. The third-order valence-corrected chi connectivity index (χ3v) is 3.99. The number of hydrogen-bond donors (Lipinski definition) is 3. The molecule has 0 rings (SSSR count). The quantitative estimate of drug-likeness (QED) is 0.150. The van der Waals surface area contributed by atoms with Crippen molar-refractivity contribution in [3.05, 3.63) is 48.6 Å². The number of carbonyl (C=O) groups is 1. The lowest BCUT2D eigenvalue weighted by molar-refractivity contribution is -0.153. The summed E-state index contributed by atoms with van der Waals surface area (Å²) in [4.78, 5) is 11.4. The summed E-state index contributed by atoms with van der Waals surface area (Å²) in [5, 5.41) is 27.5. The number of allylic oxidation sites excluding steroid dienone is 6. The molecule has 5 nitrogen and oxygen atoms in total. The van der Waals surface area contributed by atoms with Crippen molar-refractivity contribution in [2.75, 3.05) is 13.2 Å². The Morgan fingerprint density at radius 1 is 0.929 bits per heavy atom. The molecule has 0 aliphatic rings. The van der Waals surface area contributed by atoms with E-state index in [9.17, 15) is 9.90 Å². The number of aliphatic hydroxyl groups is 3. The second-order valence-electron chi connectivity index (χ2n) is 6.66. The van der Waals surface area contributed by atoms with Crippen LogP contribution in [0, 0.1) is 0 Å². The van der Waals surface area contributed by atoms with Gasteiger partial charge < -0.3 is 20.1 Å². The molecule has 5 heteroatoms. The minimum absolute atomic E-state index is 0.266. The summed E-state index contributed by atoms with van der Waals surface area (Å²) in [6.45, 7) is 1.46. The Balaban J connectivity index is 3.70. The fourth-order valence-electron chi connectivity index (χ4n) is 2.32. The molecule has 3 N–H and O–H groups in total. The van der Waals surface area contributed by atoms with Crippen LogP contribution in [-0.4, -0.2) is 46.7 Å². The number of esters is 1. The third-order valence-electron chi connectivity index (χ3n) is 3.99. The van der Waals surface area contributed by atoms with Gasteiger partial charge in [0.25, 0.3) is 0 Å². The zero-order chi connectivity index (χ0) is 20.9. The van der Waals surface area contributed by atoms with Crippen molar-refractivity contribution in [1.82, 2.24) is 0 Å². The molecule has 0 fully saturated rings. The molecule has 0 aromatic carbocycles. The molecule has 0 saturated carbocycles. The second-order valence-corrected chi connectivity index (χ2v) is 6.66. The van der Waals surface area contributed by atoms with E-state index in [0.717, 1.165) is 19.3 Å². The summed E-state index contributed by atoms with van der Waals surface area (Å²) in [5.41, 5.74) is 0. The van der Waals surface area contributed by atoms with Crippen LogP contribution in [0.3, 0.4) is 0 Å². The number of unbranched alkanes of at least 4 members (excludes halogenated alkanes) is 4. The molecule has 0 aromatic rings. The van der Waals surface area contributed by atoms with E-state index in [4.69, 9.17) is 14.9 Å². The van der Waals surface area contributed by atoms with Crippen LogP contribution < -0.4 is 0 Å². The van der Waals surface area contributed by atoms with Gasteiger partial charge in [0.15, 0.2) is 0 Å². The Bertz CT molecular complexity index is 475. The van der Waals surface area contributed by atoms with Crippen LogP contribution in [-0.2, 0) is 9.53 Å². The molecule has 0 bridgehead atoms. The average Bonchev–Trinajstić information content (AvgIpc) is 2.70. The molecule has 0 aliphatic carbocycles. The van der Waals surface area contributed by atoms with Crippen molar-refractivity contribution in [3.63, 3.8) is 0 Å². The van der Waals surface area contributed by atoms with Crippen molar-refractivity contribution in [2.45, 2.75) is 76.9 Å². The first-order chi connectivity index (χ1) is 13.6. The molecule has 0 heterocycles. The molecular weight excluding hydrogens is 356 g/mol. The summed E-state index contributed by atoms with van der Waals surface area (Å²) in [6, 6.07) is 0. The molecule has 160 valence electrons. The van der Waals surface area contributed by atoms with Crippen molar-refractivity contribution in [2.24, 2.45) is 0 Å². The van der Waals surface area contributed by atoms with Crippen LogP contribution in [0.4, 0.5) is 0 Å². The maximum atomic E-state index is 11.4. The van der Waals surface area contributed by atoms with Gasteiger partial charge in [-0.15, -0.1) is 0 Å². The van der Waals surface area contributed by atoms with Gasteiger partial charge in [0.2, 0.25) is 0 Å². The fraction of sp³-hybridized carbons (Fsp3) is 0.609. The molecule has 0 radical (unpaired) electrons. The highest BCUT2D eigenvalue weighted by Gasteiger charge is 2.11. The predicted molar refractivity (Wildman–Crippen MR) is 114 cm³/mol. The van der Waals surface area contributed by atoms with Crippen molar-refractivity contribution >= 4 is 5.97 Å². The number of rotatable bonds is 17. The third kappa shape index (κ3) is 17.7. The number of ether oxygens (including phenoxy) is 1. The molecule has 0 aliphatic heterocycles. The molecule has 28 heavy (non-hydrogen) atoms. The predicted octanol–water partition coefficient (Wildman–Crippen LogP) is 4.00. The van der Waals surface area contributed by atoms with Gasteiger partial charge in [0.05, 0.1) is 19.3 Å². The Morgan fingerprint density at radius 2 is 1.64 bits per heavy atom. The van der Waals surface area contributed by atoms with Gasteiger partial charge in [-0.25, -0.2) is 0 Å². The van der Waals surface area contributed by atoms with Gasteiger partial charge in [-0.2, -0.15) is 0 Å². The van der Waals surface area contributed by atoms with E-state index < -0.39 is 18.2 Å². The largest absolute Gasteiger partial charge is 0.457 e. The van der Waals surface area contributed by atoms with Crippen LogP contribution in [0.5, 0.6) is 0 Å². The highest BCUT2D eigenvalue weighted by atomic mass is 16.6. The van der Waals surface area contributed by atoms with E-state index in [1.54, 1.807) is 6.08 Å². The van der Waals surface area contributed by atoms with E-state index in [2.05, 4.69) is 13.0 Å². The number of carbonyl (C=O) groups excluding carboxylic acids is 1. The monoisotopic (exact) mass is 394 g/mol. The number of aliphatic hydroxyl groups excluding tert-OH is 3. The normalized spacial score (nSPS) is 13.6. The molecule has 0 aromatic heterocycles. The average molecular weight is 395 g/mol. The van der Waals surface area contributed by atoms with Crippen LogP contribution >= 0.6 is 0 Å². The first-order valence-corrected chi connectivity index (χ1v) is 10.4. The maximum Gasteiger partial charge on any atom is 0.306 e. The van der Waals surface area contributed by atoms with Crippen LogP contribution in [0.2, 0.25) is 0 Å². The minimum Gasteiger partial charge on any atom is -0.457 e. The van der Waals surface area contributed by atoms with Crippen molar-refractivity contribution in [1.29, 1.82) is 0 Å². The highest BCUT2D eigenvalue weighted by molar-refractivity contribution is 5.69. The smallest absolute Gasteiger partial charge is 0.306 e. The molecular formula is C23H38O5. The zero-order valence-corrected chi connectivity index (χ0v) is 17.2. The summed E-state index contributed by atoms with van der Waals surface area (Å²) >= 11 is 0. The van der Waals surface area contributed by atoms with Gasteiger partial charge in [-0.1, -0.05) is 68.4 Å². The SMILES string of the molecule is CCCCC/C=C\C=C/[C@H](O)C/C=C\C/C=C/CCCC(=O)OC(CO)CO. The van der Waals surface area contributed by atoms with Crippen LogP contribution in [0.1, 0.15) is 64.7 Å². The van der Waals surface area contributed by atoms with E-state index in [1.807, 2.05) is 36.5 Å². The van der Waals surface area contributed by atoms with E-state index in [-0.39, 0.29) is 19.6 Å². The lowest BCUT2D eigenvalue weighted by Crippen LogP contribution is -2.25. The first kappa shape index (κ1) is 26.3. The fourth-order valence-corrected chi connectivity index (χ4v) is 2.32. The zero-order valence-electron chi connectivity index (χ0n) is 17.2. The molecule has 0 spiro atoms. The second kappa shape index (κ2) is 20.1. The van der Waals surface area contributed by atoms with Crippen LogP contribution in [0.25, 0.3) is 0 Å². The highest BCUT2D eigenvalue weighted by Crippen LogP contribution is 2.03. The van der Waals surface area contributed by atoms with E-state index >= 15 is 0 Å². The topological polar surface area (TPSA) is 87.0 Å². The van der Waals surface area contributed by atoms with Crippen molar-refractivity contribution in [3.8, 4) is 0 Å². The van der Waals surface area contributed by atoms with Gasteiger partial charge >= 0.3 is 5.97 Å². The molecule has 1 atom stereocenters. The van der Waals surface area contributed by atoms with Gasteiger partial charge in [-0.05, 0) is 38.5 Å². The standard InChI is InChI=1S/C23H38O5/c1-2-3-4-5-7-10-13-16-21(26)17-14-11-8-6-9-12-15-18-23(27)28-22(19-24)20-25/h6-7,9-11,13-14,16,21-22,24-26H,2-5,8,12,15,17-20H2,1H3/b9-6+,10-7-,14-11-,16-13-/t21-/m0/s1. The first-order valence-electron chi connectivity index (χ1n) is 10.4. The van der Waals surface area contributed by atoms with Crippen LogP contribution in [0.15, 0.2) is 48.6 Å². The Labute approximate surface area is 170 Å². The Hall–Kier alpha value is -1.69. The summed E-state index contributed by atoms with van der Waals surface area (Å²) in [6.07, 6.45) is 22.4. The lowest BCUT2D eigenvalue weighted by atomic mass is 10.2. The number of hydrogen-bond acceptors (Lipinski definition) is 5. The summed E-state index contributed by atoms with van der Waals surface area (Å²) < 4.78 is 4.88. The lowest BCUT2D eigenvalue weighted by Gasteiger charge is -2.11. The van der Waals surface area contributed by atoms with Crippen molar-refractivity contribution < 1.29 is 24.9 Å². The maximum absolute atomic E-state index is 11.4. The minimum atomic E-state index is -0.819. The Morgan fingerprint density at radius 3 is 2.36 bits per heavy atom. The Kier molecular flexibility index (Phi) is 18.8.